The monoisotopic (exact) mass is 366 g/mol. The zero-order valence-electron chi connectivity index (χ0n) is 9.77. The SMILES string of the molecule is Cc1nc(S(=O)(=O)Cl)cn1Cc1cc(F)ccc1Br. The quantitative estimate of drug-likeness (QED) is 0.784. The molecular formula is C11H9BrClFN2O2S. The molecule has 2 aromatic rings. The average molecular weight is 368 g/mol. The number of hydrogen-bond donors (Lipinski definition) is 0. The second-order valence-corrected chi connectivity index (χ2v) is 7.29. The Hall–Kier alpha value is -0.920. The zero-order valence-corrected chi connectivity index (χ0v) is 12.9. The van der Waals surface area contributed by atoms with Crippen LogP contribution in [-0.4, -0.2) is 18.0 Å². The molecule has 0 spiro atoms. The van der Waals surface area contributed by atoms with Gasteiger partial charge < -0.3 is 4.57 Å². The Morgan fingerprint density at radius 2 is 2.16 bits per heavy atom. The molecule has 102 valence electrons. The molecular weight excluding hydrogens is 359 g/mol. The molecule has 0 amide bonds. The number of aromatic nitrogens is 2. The molecule has 0 aliphatic heterocycles. The molecule has 0 N–H and O–H groups in total. The van der Waals surface area contributed by atoms with Crippen molar-refractivity contribution in [1.29, 1.82) is 0 Å². The molecule has 19 heavy (non-hydrogen) atoms. The van der Waals surface area contributed by atoms with Gasteiger partial charge in [-0.05, 0) is 30.7 Å². The van der Waals surface area contributed by atoms with Crippen molar-refractivity contribution in [3.63, 3.8) is 0 Å². The highest BCUT2D eigenvalue weighted by atomic mass is 79.9. The lowest BCUT2D eigenvalue weighted by Crippen LogP contribution is -2.02. The number of aryl methyl sites for hydroxylation is 1. The van der Waals surface area contributed by atoms with Gasteiger partial charge in [0.15, 0.2) is 5.03 Å². The van der Waals surface area contributed by atoms with Gasteiger partial charge in [-0.1, -0.05) is 15.9 Å². The number of rotatable bonds is 3. The lowest BCUT2D eigenvalue weighted by molar-refractivity contribution is 0.606. The van der Waals surface area contributed by atoms with Gasteiger partial charge in [-0.15, -0.1) is 0 Å². The van der Waals surface area contributed by atoms with E-state index < -0.39 is 9.05 Å². The summed E-state index contributed by atoms with van der Waals surface area (Å²) >= 11 is 3.31. The lowest BCUT2D eigenvalue weighted by atomic mass is 10.2. The fourth-order valence-corrected chi connectivity index (χ4v) is 2.69. The number of benzene rings is 1. The second kappa shape index (κ2) is 5.22. The third-order valence-corrected chi connectivity index (χ3v) is 4.50. The van der Waals surface area contributed by atoms with Gasteiger partial charge in [0.2, 0.25) is 0 Å². The smallest absolute Gasteiger partial charge is 0.280 e. The van der Waals surface area contributed by atoms with E-state index in [4.69, 9.17) is 10.7 Å². The minimum atomic E-state index is -3.86. The molecule has 0 radical (unpaired) electrons. The van der Waals surface area contributed by atoms with E-state index in [-0.39, 0.29) is 10.8 Å². The van der Waals surface area contributed by atoms with E-state index in [1.54, 1.807) is 17.6 Å². The number of imidazole rings is 1. The van der Waals surface area contributed by atoms with Crippen LogP contribution < -0.4 is 0 Å². The van der Waals surface area contributed by atoms with Crippen molar-refractivity contribution in [3.8, 4) is 0 Å². The van der Waals surface area contributed by atoms with Gasteiger partial charge >= 0.3 is 0 Å². The molecule has 4 nitrogen and oxygen atoms in total. The predicted octanol–water partition coefficient (Wildman–Crippen LogP) is 3.07. The van der Waals surface area contributed by atoms with Crippen molar-refractivity contribution >= 4 is 35.7 Å². The first kappa shape index (κ1) is 14.5. The van der Waals surface area contributed by atoms with Crippen LogP contribution in [0.3, 0.4) is 0 Å². The minimum absolute atomic E-state index is 0.209. The Labute approximate surface area is 122 Å². The Balaban J connectivity index is 2.39. The van der Waals surface area contributed by atoms with E-state index in [1.165, 1.54) is 18.3 Å². The van der Waals surface area contributed by atoms with Crippen LogP contribution in [0.2, 0.25) is 0 Å². The Morgan fingerprint density at radius 3 is 2.74 bits per heavy atom. The summed E-state index contributed by atoms with van der Waals surface area (Å²) in [5, 5.41) is -0.209. The topological polar surface area (TPSA) is 52.0 Å². The normalized spacial score (nSPS) is 11.8. The summed E-state index contributed by atoms with van der Waals surface area (Å²) in [5.74, 6) is 0.122. The van der Waals surface area contributed by atoms with Gasteiger partial charge in [-0.2, -0.15) is 0 Å². The first-order valence-corrected chi connectivity index (χ1v) is 8.30. The largest absolute Gasteiger partial charge is 0.329 e. The van der Waals surface area contributed by atoms with Gasteiger partial charge in [-0.25, -0.2) is 17.8 Å². The average Bonchev–Trinajstić information content (AvgIpc) is 2.65. The van der Waals surface area contributed by atoms with Gasteiger partial charge in [0, 0.05) is 27.9 Å². The van der Waals surface area contributed by atoms with Gasteiger partial charge in [0.05, 0.1) is 0 Å². The summed E-state index contributed by atoms with van der Waals surface area (Å²) < 4.78 is 37.9. The maximum Gasteiger partial charge on any atom is 0.280 e. The fraction of sp³-hybridized carbons (Fsp3) is 0.182. The summed E-state index contributed by atoms with van der Waals surface area (Å²) in [4.78, 5) is 3.86. The van der Waals surface area contributed by atoms with Crippen molar-refractivity contribution in [3.05, 3.63) is 46.1 Å². The third-order valence-electron chi connectivity index (χ3n) is 2.55. The maximum atomic E-state index is 13.2. The number of hydrogen-bond acceptors (Lipinski definition) is 3. The Kier molecular flexibility index (Phi) is 3.98. The molecule has 2 rings (SSSR count). The summed E-state index contributed by atoms with van der Waals surface area (Å²) in [5.41, 5.74) is 0.680. The van der Waals surface area contributed by atoms with Crippen LogP contribution in [-0.2, 0) is 15.6 Å². The van der Waals surface area contributed by atoms with Gasteiger partial charge in [0.25, 0.3) is 9.05 Å². The minimum Gasteiger partial charge on any atom is -0.329 e. The molecule has 1 aromatic carbocycles. The molecule has 0 fully saturated rings. The molecule has 1 heterocycles. The highest BCUT2D eigenvalue weighted by Crippen LogP contribution is 2.21. The van der Waals surface area contributed by atoms with Crippen molar-refractivity contribution in [2.45, 2.75) is 18.5 Å². The summed E-state index contributed by atoms with van der Waals surface area (Å²) in [6.07, 6.45) is 1.33. The molecule has 1 aromatic heterocycles. The van der Waals surface area contributed by atoms with Crippen LogP contribution in [0.1, 0.15) is 11.4 Å². The second-order valence-electron chi connectivity index (χ2n) is 3.93. The van der Waals surface area contributed by atoms with Crippen LogP contribution in [0.15, 0.2) is 33.9 Å². The highest BCUT2D eigenvalue weighted by Gasteiger charge is 2.16. The predicted molar refractivity (Wildman–Crippen MR) is 73.2 cm³/mol. The molecule has 0 saturated heterocycles. The molecule has 0 aliphatic rings. The molecule has 0 saturated carbocycles. The van der Waals surface area contributed by atoms with Crippen LogP contribution >= 0.6 is 26.6 Å². The van der Waals surface area contributed by atoms with Crippen LogP contribution in [0.4, 0.5) is 4.39 Å². The lowest BCUT2D eigenvalue weighted by Gasteiger charge is -2.07. The fourth-order valence-electron chi connectivity index (χ4n) is 1.60. The molecule has 0 atom stereocenters. The van der Waals surface area contributed by atoms with Crippen LogP contribution in [0.25, 0.3) is 0 Å². The molecule has 0 aliphatic carbocycles. The van der Waals surface area contributed by atoms with E-state index in [2.05, 4.69) is 20.9 Å². The molecule has 0 bridgehead atoms. The summed E-state index contributed by atoms with van der Waals surface area (Å²) in [6, 6.07) is 4.30. The highest BCUT2D eigenvalue weighted by molar-refractivity contribution is 9.10. The van der Waals surface area contributed by atoms with E-state index in [0.717, 1.165) is 4.47 Å². The van der Waals surface area contributed by atoms with E-state index >= 15 is 0 Å². The van der Waals surface area contributed by atoms with Crippen LogP contribution in [0.5, 0.6) is 0 Å². The van der Waals surface area contributed by atoms with Crippen molar-refractivity contribution in [2.24, 2.45) is 0 Å². The van der Waals surface area contributed by atoms with Crippen LogP contribution in [0, 0.1) is 12.7 Å². The Bertz CT molecular complexity index is 730. The van der Waals surface area contributed by atoms with Crippen molar-refractivity contribution < 1.29 is 12.8 Å². The standard InChI is InChI=1S/C11H9BrClFN2O2S/c1-7-15-11(19(13,17)18)6-16(7)5-8-4-9(14)2-3-10(8)12/h2-4,6H,5H2,1H3. The summed E-state index contributed by atoms with van der Waals surface area (Å²) in [6.45, 7) is 1.95. The zero-order chi connectivity index (χ0) is 14.2. The third kappa shape index (κ3) is 3.34. The molecule has 8 heteroatoms. The summed E-state index contributed by atoms with van der Waals surface area (Å²) in [7, 11) is 1.37. The first-order valence-electron chi connectivity index (χ1n) is 5.20. The maximum absolute atomic E-state index is 13.2. The van der Waals surface area contributed by atoms with Gasteiger partial charge in [0.1, 0.15) is 11.6 Å². The first-order chi connectivity index (χ1) is 8.77. The van der Waals surface area contributed by atoms with E-state index in [9.17, 15) is 12.8 Å². The number of nitrogens with zero attached hydrogens (tertiary/aromatic N) is 2. The van der Waals surface area contributed by atoms with Gasteiger partial charge in [-0.3, -0.25) is 0 Å². The van der Waals surface area contributed by atoms with E-state index in [0.29, 0.717) is 17.9 Å². The van der Waals surface area contributed by atoms with E-state index in [1.807, 2.05) is 0 Å². The molecule has 0 unspecified atom stereocenters. The number of halogens is 3. The Morgan fingerprint density at radius 1 is 1.47 bits per heavy atom. The van der Waals surface area contributed by atoms with Crippen molar-refractivity contribution in [2.75, 3.05) is 0 Å². The van der Waals surface area contributed by atoms with Crippen molar-refractivity contribution in [1.82, 2.24) is 9.55 Å².